The maximum Gasteiger partial charge on any atom is 0.239 e. The van der Waals surface area contributed by atoms with E-state index in [1.807, 2.05) is 20.9 Å². The molecule has 1 saturated carbocycles. The minimum Gasteiger partial charge on any atom is -0.352 e. The van der Waals surface area contributed by atoms with Crippen molar-refractivity contribution < 1.29 is 4.79 Å². The van der Waals surface area contributed by atoms with Gasteiger partial charge in [0.25, 0.3) is 0 Å². The van der Waals surface area contributed by atoms with Crippen molar-refractivity contribution in [3.63, 3.8) is 0 Å². The Morgan fingerprint density at radius 2 is 2.00 bits per heavy atom. The van der Waals surface area contributed by atoms with Gasteiger partial charge >= 0.3 is 0 Å². The highest BCUT2D eigenvalue weighted by molar-refractivity contribution is 5.85. The molecule has 1 fully saturated rings. The fourth-order valence-corrected chi connectivity index (χ4v) is 2.04. The molecular formula is C12H24N2O. The lowest BCUT2D eigenvalue weighted by atomic mass is 9.91. The second-order valence-electron chi connectivity index (χ2n) is 5.95. The molecule has 2 N–H and O–H groups in total. The van der Waals surface area contributed by atoms with Gasteiger partial charge in [0, 0.05) is 6.04 Å². The summed E-state index contributed by atoms with van der Waals surface area (Å²) in [7, 11) is 1.82. The normalized spacial score (nSPS) is 25.3. The van der Waals surface area contributed by atoms with Crippen molar-refractivity contribution >= 4 is 5.91 Å². The van der Waals surface area contributed by atoms with Gasteiger partial charge in [0.2, 0.25) is 5.91 Å². The first-order valence-corrected chi connectivity index (χ1v) is 5.77. The summed E-state index contributed by atoms with van der Waals surface area (Å²) in [5.74, 6) is 0.104. The molecule has 0 saturated heterocycles. The van der Waals surface area contributed by atoms with Gasteiger partial charge in [-0.05, 0) is 45.6 Å². The van der Waals surface area contributed by atoms with Gasteiger partial charge in [-0.25, -0.2) is 0 Å². The summed E-state index contributed by atoms with van der Waals surface area (Å²) in [5.41, 5.74) is -0.0749. The topological polar surface area (TPSA) is 41.1 Å². The van der Waals surface area contributed by atoms with E-state index >= 15 is 0 Å². The average molecular weight is 212 g/mol. The van der Waals surface area contributed by atoms with E-state index in [1.165, 1.54) is 6.42 Å². The van der Waals surface area contributed by atoms with Crippen molar-refractivity contribution in [3.05, 3.63) is 0 Å². The smallest absolute Gasteiger partial charge is 0.239 e. The van der Waals surface area contributed by atoms with Crippen LogP contribution in [0, 0.1) is 5.41 Å². The Bertz CT molecular complexity index is 246. The molecule has 1 unspecified atom stereocenters. The van der Waals surface area contributed by atoms with Gasteiger partial charge in [0.05, 0.1) is 5.54 Å². The third-order valence-electron chi connectivity index (χ3n) is 3.50. The van der Waals surface area contributed by atoms with Crippen molar-refractivity contribution in [1.82, 2.24) is 10.6 Å². The Morgan fingerprint density at radius 3 is 2.40 bits per heavy atom. The molecule has 0 aromatic carbocycles. The maximum atomic E-state index is 11.9. The van der Waals surface area contributed by atoms with Crippen molar-refractivity contribution in [2.24, 2.45) is 5.41 Å². The summed E-state index contributed by atoms with van der Waals surface area (Å²) in [5, 5.41) is 6.15. The third kappa shape index (κ3) is 3.20. The number of carbonyl (C=O) groups is 1. The summed E-state index contributed by atoms with van der Waals surface area (Å²) in [4.78, 5) is 11.9. The first-order chi connectivity index (χ1) is 6.77. The molecule has 1 amide bonds. The standard InChI is InChI=1S/C12H24N2O/c1-11(2)7-6-9(8-11)14-10(15)12(3,4)13-5/h9,13H,6-8H2,1-5H3,(H,14,15). The lowest BCUT2D eigenvalue weighted by Crippen LogP contribution is -2.53. The Morgan fingerprint density at radius 1 is 1.40 bits per heavy atom. The molecule has 0 heterocycles. The zero-order chi connectivity index (χ0) is 11.7. The quantitative estimate of drug-likeness (QED) is 0.747. The van der Waals surface area contributed by atoms with Crippen LogP contribution in [0.2, 0.25) is 0 Å². The van der Waals surface area contributed by atoms with E-state index in [0.717, 1.165) is 12.8 Å². The molecule has 1 atom stereocenters. The number of rotatable bonds is 3. The highest BCUT2D eigenvalue weighted by Gasteiger charge is 2.34. The molecule has 88 valence electrons. The van der Waals surface area contributed by atoms with Crippen LogP contribution >= 0.6 is 0 Å². The fraction of sp³-hybridized carbons (Fsp3) is 0.917. The molecule has 1 aliphatic carbocycles. The molecule has 1 rings (SSSR count). The largest absolute Gasteiger partial charge is 0.352 e. The summed E-state index contributed by atoms with van der Waals surface area (Å²) in [6.07, 6.45) is 3.41. The lowest BCUT2D eigenvalue weighted by Gasteiger charge is -2.26. The van der Waals surface area contributed by atoms with Crippen molar-refractivity contribution in [2.45, 2.75) is 58.5 Å². The van der Waals surface area contributed by atoms with E-state index in [9.17, 15) is 4.79 Å². The third-order valence-corrected chi connectivity index (χ3v) is 3.50. The summed E-state index contributed by atoms with van der Waals surface area (Å²) >= 11 is 0. The number of amides is 1. The molecule has 3 heteroatoms. The molecule has 0 aromatic heterocycles. The van der Waals surface area contributed by atoms with Gasteiger partial charge < -0.3 is 10.6 Å². The predicted molar refractivity (Wildman–Crippen MR) is 62.7 cm³/mol. The van der Waals surface area contributed by atoms with Crippen LogP contribution in [0.4, 0.5) is 0 Å². The minimum atomic E-state index is -0.466. The predicted octanol–water partition coefficient (Wildman–Crippen LogP) is 1.68. The van der Waals surface area contributed by atoms with E-state index in [1.54, 1.807) is 0 Å². The van der Waals surface area contributed by atoms with E-state index < -0.39 is 5.54 Å². The maximum absolute atomic E-state index is 11.9. The first-order valence-electron chi connectivity index (χ1n) is 5.77. The van der Waals surface area contributed by atoms with Gasteiger partial charge in [-0.3, -0.25) is 4.79 Å². The Kier molecular flexibility index (Phi) is 3.44. The molecule has 0 radical (unpaired) electrons. The van der Waals surface area contributed by atoms with Gasteiger partial charge in [-0.15, -0.1) is 0 Å². The van der Waals surface area contributed by atoms with Crippen molar-refractivity contribution in [2.75, 3.05) is 7.05 Å². The molecule has 0 aliphatic heterocycles. The molecular weight excluding hydrogens is 188 g/mol. The SMILES string of the molecule is CNC(C)(C)C(=O)NC1CCC(C)(C)C1. The summed E-state index contributed by atoms with van der Waals surface area (Å²) in [6.45, 7) is 8.34. The second kappa shape index (κ2) is 4.12. The van der Waals surface area contributed by atoms with Crippen molar-refractivity contribution in [1.29, 1.82) is 0 Å². The first kappa shape index (κ1) is 12.5. The monoisotopic (exact) mass is 212 g/mol. The molecule has 0 spiro atoms. The zero-order valence-corrected chi connectivity index (χ0v) is 10.6. The van der Waals surface area contributed by atoms with Crippen LogP contribution < -0.4 is 10.6 Å². The van der Waals surface area contributed by atoms with Gasteiger partial charge in [0.15, 0.2) is 0 Å². The Hall–Kier alpha value is -0.570. The molecule has 0 bridgehead atoms. The highest BCUT2D eigenvalue weighted by atomic mass is 16.2. The van der Waals surface area contributed by atoms with Crippen LogP contribution in [0.25, 0.3) is 0 Å². The molecule has 3 nitrogen and oxygen atoms in total. The zero-order valence-electron chi connectivity index (χ0n) is 10.6. The Balaban J connectivity index is 2.47. The van der Waals surface area contributed by atoms with Crippen molar-refractivity contribution in [3.8, 4) is 0 Å². The van der Waals surface area contributed by atoms with Crippen LogP contribution in [0.3, 0.4) is 0 Å². The number of nitrogens with one attached hydrogen (secondary N) is 2. The van der Waals surface area contributed by atoms with Crippen LogP contribution in [0.5, 0.6) is 0 Å². The summed E-state index contributed by atoms with van der Waals surface area (Å²) < 4.78 is 0. The van der Waals surface area contributed by atoms with Gasteiger partial charge in [-0.2, -0.15) is 0 Å². The van der Waals surface area contributed by atoms with E-state index in [4.69, 9.17) is 0 Å². The highest BCUT2D eigenvalue weighted by Crippen LogP contribution is 2.36. The fourth-order valence-electron chi connectivity index (χ4n) is 2.04. The lowest BCUT2D eigenvalue weighted by molar-refractivity contribution is -0.126. The summed E-state index contributed by atoms with van der Waals surface area (Å²) in [6, 6.07) is 0.361. The van der Waals surface area contributed by atoms with Crippen LogP contribution in [0.15, 0.2) is 0 Å². The number of carbonyl (C=O) groups excluding carboxylic acids is 1. The number of hydrogen-bond acceptors (Lipinski definition) is 2. The number of likely N-dealkylation sites (N-methyl/N-ethyl adjacent to an activating group) is 1. The van der Waals surface area contributed by atoms with Crippen LogP contribution in [-0.2, 0) is 4.79 Å². The molecule has 0 aromatic rings. The van der Waals surface area contributed by atoms with Crippen LogP contribution in [-0.4, -0.2) is 24.5 Å². The van der Waals surface area contributed by atoms with E-state index in [0.29, 0.717) is 11.5 Å². The van der Waals surface area contributed by atoms with E-state index in [2.05, 4.69) is 24.5 Å². The van der Waals surface area contributed by atoms with Gasteiger partial charge in [-0.1, -0.05) is 13.8 Å². The molecule has 15 heavy (non-hydrogen) atoms. The minimum absolute atomic E-state index is 0.104. The Labute approximate surface area is 93.0 Å². The second-order valence-corrected chi connectivity index (χ2v) is 5.95. The van der Waals surface area contributed by atoms with Gasteiger partial charge in [0.1, 0.15) is 0 Å². The number of hydrogen-bond donors (Lipinski definition) is 2. The molecule has 1 aliphatic rings. The average Bonchev–Trinajstić information content (AvgIpc) is 2.45. The van der Waals surface area contributed by atoms with Crippen LogP contribution in [0.1, 0.15) is 47.0 Å². The van der Waals surface area contributed by atoms with E-state index in [-0.39, 0.29) is 5.91 Å².